The van der Waals surface area contributed by atoms with E-state index in [-0.39, 0.29) is 25.4 Å². The molecule has 47 heavy (non-hydrogen) atoms. The van der Waals surface area contributed by atoms with Crippen LogP contribution in [0.15, 0.2) is 78.9 Å². The minimum atomic E-state index is -1.14. The van der Waals surface area contributed by atoms with E-state index in [1.807, 2.05) is 54.6 Å². The standard InChI is InChI=1S/C37H44N2O8/c1-23(40)33(43)22-46-28-16-14-25(15-17-28)18-27(35(44)39-34-29-13-9-8-12-26(29)20-32(34)42)21-31(41)30(19-24-10-6-5-7-11-24)38-36(45)47-37(2,3)4/h5-17,27,30-32,34,41-42H,18-22H2,1-4H3,(H,38,45)(H,39,44)/t27-,30+,31+,32-,34+/m1/s1. The van der Waals surface area contributed by atoms with Gasteiger partial charge in [0.05, 0.1) is 24.3 Å². The zero-order valence-corrected chi connectivity index (χ0v) is 27.3. The fourth-order valence-corrected chi connectivity index (χ4v) is 5.62. The highest BCUT2D eigenvalue weighted by Crippen LogP contribution is 2.32. The molecular formula is C37H44N2O8. The van der Waals surface area contributed by atoms with E-state index in [1.54, 1.807) is 45.0 Å². The molecule has 5 atom stereocenters. The molecule has 3 aromatic rings. The fourth-order valence-electron chi connectivity index (χ4n) is 5.62. The lowest BCUT2D eigenvalue weighted by Crippen LogP contribution is -2.48. The van der Waals surface area contributed by atoms with E-state index in [0.29, 0.717) is 18.6 Å². The second kappa shape index (κ2) is 15.8. The molecule has 0 spiro atoms. The van der Waals surface area contributed by atoms with Crippen molar-refractivity contribution in [2.75, 3.05) is 6.61 Å². The normalized spacial score (nSPS) is 17.5. The van der Waals surface area contributed by atoms with Crippen molar-refractivity contribution in [2.45, 2.75) is 83.3 Å². The van der Waals surface area contributed by atoms with E-state index in [4.69, 9.17) is 9.47 Å². The molecule has 0 fully saturated rings. The number of ether oxygens (including phenoxy) is 2. The Hall–Kier alpha value is -4.54. The number of carbonyl (C=O) groups is 4. The van der Waals surface area contributed by atoms with Gasteiger partial charge in [-0.2, -0.15) is 0 Å². The number of ketones is 2. The Morgan fingerprint density at radius 1 is 0.894 bits per heavy atom. The smallest absolute Gasteiger partial charge is 0.407 e. The summed E-state index contributed by atoms with van der Waals surface area (Å²) in [6.07, 6.45) is -1.67. The number of carbonyl (C=O) groups excluding carboxylic acids is 4. The first-order chi connectivity index (χ1) is 22.3. The van der Waals surface area contributed by atoms with Crippen LogP contribution in [0.3, 0.4) is 0 Å². The Labute approximate surface area is 275 Å². The number of hydrogen-bond donors (Lipinski definition) is 4. The van der Waals surface area contributed by atoms with E-state index < -0.39 is 53.5 Å². The van der Waals surface area contributed by atoms with Gasteiger partial charge in [-0.25, -0.2) is 4.79 Å². The van der Waals surface area contributed by atoms with Crippen LogP contribution in [-0.2, 0) is 38.4 Å². The zero-order valence-electron chi connectivity index (χ0n) is 27.3. The first-order valence-corrected chi connectivity index (χ1v) is 15.8. The van der Waals surface area contributed by atoms with E-state index in [9.17, 15) is 29.4 Å². The molecule has 0 bridgehead atoms. The van der Waals surface area contributed by atoms with E-state index in [2.05, 4.69) is 10.6 Å². The lowest BCUT2D eigenvalue weighted by atomic mass is 9.88. The number of nitrogens with one attached hydrogen (secondary N) is 2. The van der Waals surface area contributed by atoms with Crippen LogP contribution in [0, 0.1) is 5.92 Å². The van der Waals surface area contributed by atoms with Crippen molar-refractivity contribution in [3.8, 4) is 5.75 Å². The summed E-state index contributed by atoms with van der Waals surface area (Å²) in [5, 5.41) is 28.3. The third-order valence-electron chi connectivity index (χ3n) is 8.03. The predicted molar refractivity (Wildman–Crippen MR) is 176 cm³/mol. The summed E-state index contributed by atoms with van der Waals surface area (Å²) in [6, 6.07) is 22.4. The molecule has 1 aliphatic rings. The van der Waals surface area contributed by atoms with Gasteiger partial charge >= 0.3 is 6.09 Å². The van der Waals surface area contributed by atoms with Crippen molar-refractivity contribution >= 4 is 23.6 Å². The zero-order chi connectivity index (χ0) is 34.1. The minimum Gasteiger partial charge on any atom is -0.485 e. The summed E-state index contributed by atoms with van der Waals surface area (Å²) in [5.41, 5.74) is 2.71. The van der Waals surface area contributed by atoms with Crippen LogP contribution in [0.1, 0.15) is 62.4 Å². The van der Waals surface area contributed by atoms with Crippen LogP contribution in [0.5, 0.6) is 5.75 Å². The number of Topliss-reactive ketones (excluding diaryl/α,β-unsaturated/α-hetero) is 2. The Kier molecular flexibility index (Phi) is 11.9. The molecule has 250 valence electrons. The Bertz CT molecular complexity index is 1530. The quantitative estimate of drug-likeness (QED) is 0.192. The molecule has 4 rings (SSSR count). The minimum absolute atomic E-state index is 0.00500. The molecule has 0 saturated carbocycles. The maximum Gasteiger partial charge on any atom is 0.407 e. The Morgan fingerprint density at radius 3 is 2.19 bits per heavy atom. The van der Waals surface area contributed by atoms with Gasteiger partial charge in [-0.15, -0.1) is 0 Å². The maximum atomic E-state index is 14.0. The molecule has 4 N–H and O–H groups in total. The molecule has 0 saturated heterocycles. The molecule has 10 nitrogen and oxygen atoms in total. The number of fused-ring (bicyclic) bond motifs is 1. The highest BCUT2D eigenvalue weighted by atomic mass is 16.6. The number of rotatable bonds is 14. The fraction of sp³-hybridized carbons (Fsp3) is 0.405. The van der Waals surface area contributed by atoms with Crippen LogP contribution >= 0.6 is 0 Å². The summed E-state index contributed by atoms with van der Waals surface area (Å²) >= 11 is 0. The van der Waals surface area contributed by atoms with Gasteiger partial charge in [0.2, 0.25) is 11.7 Å². The molecule has 2 amide bonds. The van der Waals surface area contributed by atoms with Crippen molar-refractivity contribution in [2.24, 2.45) is 5.92 Å². The number of amides is 2. The summed E-state index contributed by atoms with van der Waals surface area (Å²) in [6.45, 7) is 6.07. The van der Waals surface area contributed by atoms with E-state index in [1.165, 1.54) is 6.92 Å². The first kappa shape index (κ1) is 35.3. The molecular weight excluding hydrogens is 600 g/mol. The van der Waals surface area contributed by atoms with Gasteiger partial charge in [0.1, 0.15) is 11.4 Å². The second-order valence-corrected chi connectivity index (χ2v) is 13.0. The van der Waals surface area contributed by atoms with Crippen molar-refractivity contribution in [1.29, 1.82) is 0 Å². The van der Waals surface area contributed by atoms with Crippen LogP contribution in [-0.4, -0.2) is 64.2 Å². The average Bonchev–Trinajstić information content (AvgIpc) is 3.33. The molecule has 3 aromatic carbocycles. The van der Waals surface area contributed by atoms with Gasteiger partial charge in [0, 0.05) is 19.3 Å². The Balaban J connectivity index is 1.56. The molecule has 0 aromatic heterocycles. The highest BCUT2D eigenvalue weighted by Gasteiger charge is 2.35. The van der Waals surface area contributed by atoms with Crippen molar-refractivity contribution < 1.29 is 38.9 Å². The lowest BCUT2D eigenvalue weighted by molar-refractivity contribution is -0.136. The van der Waals surface area contributed by atoms with Gasteiger partial charge in [-0.1, -0.05) is 66.7 Å². The van der Waals surface area contributed by atoms with Gasteiger partial charge in [0.15, 0.2) is 12.4 Å². The molecule has 0 aliphatic heterocycles. The van der Waals surface area contributed by atoms with Crippen LogP contribution in [0.25, 0.3) is 0 Å². The summed E-state index contributed by atoms with van der Waals surface area (Å²) in [4.78, 5) is 49.7. The Morgan fingerprint density at radius 2 is 1.53 bits per heavy atom. The number of benzene rings is 3. The van der Waals surface area contributed by atoms with Gasteiger partial charge in [-0.3, -0.25) is 14.4 Å². The topological polar surface area (TPSA) is 151 Å². The third-order valence-corrected chi connectivity index (χ3v) is 8.03. The van der Waals surface area contributed by atoms with Gasteiger partial charge in [0.25, 0.3) is 0 Å². The van der Waals surface area contributed by atoms with Crippen molar-refractivity contribution in [1.82, 2.24) is 10.6 Å². The lowest BCUT2D eigenvalue weighted by Gasteiger charge is -2.29. The SMILES string of the molecule is CC(=O)C(=O)COc1ccc(C[C@H](C[C@H](O)[C@H](Cc2ccccc2)NC(=O)OC(C)(C)C)C(=O)N[C@H]2c3ccccc3C[C@H]2O)cc1. The maximum absolute atomic E-state index is 14.0. The largest absolute Gasteiger partial charge is 0.485 e. The molecule has 1 aliphatic carbocycles. The summed E-state index contributed by atoms with van der Waals surface area (Å²) in [5.74, 6) is -1.95. The van der Waals surface area contributed by atoms with Crippen LogP contribution in [0.2, 0.25) is 0 Å². The third kappa shape index (κ3) is 10.5. The number of alkyl carbamates (subject to hydrolysis) is 1. The highest BCUT2D eigenvalue weighted by molar-refractivity contribution is 6.36. The monoisotopic (exact) mass is 644 g/mol. The molecule has 0 heterocycles. The predicted octanol–water partition coefficient (Wildman–Crippen LogP) is 4.04. The van der Waals surface area contributed by atoms with Gasteiger partial charge in [-0.05, 0) is 74.4 Å². The summed E-state index contributed by atoms with van der Waals surface area (Å²) < 4.78 is 10.9. The van der Waals surface area contributed by atoms with Crippen LogP contribution < -0.4 is 15.4 Å². The van der Waals surface area contributed by atoms with Gasteiger partial charge < -0.3 is 30.3 Å². The van der Waals surface area contributed by atoms with Crippen molar-refractivity contribution in [3.05, 3.63) is 101 Å². The average molecular weight is 645 g/mol. The van der Waals surface area contributed by atoms with Crippen molar-refractivity contribution in [3.63, 3.8) is 0 Å². The number of aliphatic hydroxyl groups excluding tert-OH is 2. The second-order valence-electron chi connectivity index (χ2n) is 13.0. The van der Waals surface area contributed by atoms with E-state index in [0.717, 1.165) is 22.3 Å². The molecule has 10 heteroatoms. The van der Waals surface area contributed by atoms with E-state index >= 15 is 0 Å². The number of hydrogen-bond acceptors (Lipinski definition) is 8. The molecule has 0 radical (unpaired) electrons. The van der Waals surface area contributed by atoms with Crippen LogP contribution in [0.4, 0.5) is 4.79 Å². The summed E-state index contributed by atoms with van der Waals surface area (Å²) in [7, 11) is 0. The molecule has 0 unspecified atom stereocenters. The first-order valence-electron chi connectivity index (χ1n) is 15.8. The number of aliphatic hydroxyl groups is 2.